The molecule has 2 aromatic rings. The summed E-state index contributed by atoms with van der Waals surface area (Å²) in [7, 11) is -3.65. The number of aryl methyl sites for hydroxylation is 1. The van der Waals surface area contributed by atoms with E-state index in [-0.39, 0.29) is 17.3 Å². The van der Waals surface area contributed by atoms with E-state index >= 15 is 0 Å². The van der Waals surface area contributed by atoms with E-state index in [2.05, 4.69) is 19.9 Å². The Labute approximate surface area is 104 Å². The molecule has 0 aliphatic heterocycles. The molecule has 0 saturated heterocycles. The Morgan fingerprint density at radius 1 is 1.44 bits per heavy atom. The van der Waals surface area contributed by atoms with Crippen molar-refractivity contribution in [3.63, 3.8) is 0 Å². The number of anilines is 1. The summed E-state index contributed by atoms with van der Waals surface area (Å²) in [5.74, 6) is 0.0222. The van der Waals surface area contributed by atoms with E-state index in [0.717, 1.165) is 11.1 Å². The standard InChI is InChI=1S/C10H13N5O2S/c1-7-4-12-3-2-8(7)5-14-18(16,17)9-6-13-15-10(9)11/h2-4,6,14H,5H2,1H3,(H3,11,13,15). The Morgan fingerprint density at radius 3 is 2.83 bits per heavy atom. The molecule has 7 nitrogen and oxygen atoms in total. The molecular weight excluding hydrogens is 254 g/mol. The number of nitrogens with one attached hydrogen (secondary N) is 2. The van der Waals surface area contributed by atoms with Crippen molar-refractivity contribution in [3.8, 4) is 0 Å². The van der Waals surface area contributed by atoms with Crippen molar-refractivity contribution < 1.29 is 8.42 Å². The molecule has 4 N–H and O–H groups in total. The van der Waals surface area contributed by atoms with Crippen LogP contribution in [0.25, 0.3) is 0 Å². The highest BCUT2D eigenvalue weighted by Crippen LogP contribution is 2.14. The number of nitrogen functional groups attached to an aromatic ring is 1. The monoisotopic (exact) mass is 267 g/mol. The predicted octanol–water partition coefficient (Wildman–Crippen LogP) is 0.174. The molecule has 0 radical (unpaired) electrons. The average molecular weight is 267 g/mol. The third-order valence-corrected chi connectivity index (χ3v) is 3.94. The Balaban J connectivity index is 2.16. The fourth-order valence-corrected chi connectivity index (χ4v) is 2.48. The minimum absolute atomic E-state index is 0.0222. The molecule has 18 heavy (non-hydrogen) atoms. The number of sulfonamides is 1. The Morgan fingerprint density at radius 2 is 2.22 bits per heavy atom. The Bertz CT molecular complexity index is 650. The van der Waals surface area contributed by atoms with Crippen LogP contribution in [0.3, 0.4) is 0 Å². The highest BCUT2D eigenvalue weighted by atomic mass is 32.2. The molecule has 8 heteroatoms. The first-order valence-corrected chi connectivity index (χ1v) is 6.67. The van der Waals surface area contributed by atoms with Crippen molar-refractivity contribution in [2.45, 2.75) is 18.4 Å². The largest absolute Gasteiger partial charge is 0.383 e. The normalized spacial score (nSPS) is 11.6. The van der Waals surface area contributed by atoms with Crippen LogP contribution >= 0.6 is 0 Å². The molecule has 0 unspecified atom stereocenters. The van der Waals surface area contributed by atoms with Crippen molar-refractivity contribution >= 4 is 15.8 Å². The highest BCUT2D eigenvalue weighted by molar-refractivity contribution is 7.89. The number of H-pyrrole nitrogens is 1. The molecular formula is C10H13N5O2S. The quantitative estimate of drug-likeness (QED) is 0.731. The maximum absolute atomic E-state index is 11.9. The van der Waals surface area contributed by atoms with E-state index in [1.807, 2.05) is 6.92 Å². The van der Waals surface area contributed by atoms with E-state index in [9.17, 15) is 8.42 Å². The molecule has 96 valence electrons. The number of nitrogens with two attached hydrogens (primary N) is 1. The Kier molecular flexibility index (Phi) is 3.30. The van der Waals surface area contributed by atoms with Crippen molar-refractivity contribution in [3.05, 3.63) is 35.8 Å². The lowest BCUT2D eigenvalue weighted by Gasteiger charge is -2.07. The van der Waals surface area contributed by atoms with Crippen LogP contribution in [0.4, 0.5) is 5.82 Å². The second-order valence-corrected chi connectivity index (χ2v) is 5.51. The maximum atomic E-state index is 11.9. The molecule has 0 saturated carbocycles. The molecule has 0 aliphatic carbocycles. The molecule has 2 heterocycles. The fraction of sp³-hybridized carbons (Fsp3) is 0.200. The lowest BCUT2D eigenvalue weighted by molar-refractivity contribution is 0.581. The minimum atomic E-state index is -3.65. The first kappa shape index (κ1) is 12.5. The van der Waals surface area contributed by atoms with Crippen molar-refractivity contribution in [2.24, 2.45) is 0 Å². The second-order valence-electron chi connectivity index (χ2n) is 3.77. The first-order chi connectivity index (χ1) is 8.50. The number of pyridine rings is 1. The molecule has 0 aliphatic rings. The topological polar surface area (TPSA) is 114 Å². The SMILES string of the molecule is Cc1cnccc1CNS(=O)(=O)c1cn[nH]c1N. The van der Waals surface area contributed by atoms with Crippen molar-refractivity contribution in [1.82, 2.24) is 19.9 Å². The van der Waals surface area contributed by atoms with Crippen LogP contribution in [-0.4, -0.2) is 23.6 Å². The van der Waals surface area contributed by atoms with Gasteiger partial charge in [0.05, 0.1) is 6.20 Å². The van der Waals surface area contributed by atoms with Crippen LogP contribution < -0.4 is 10.5 Å². The molecule has 0 bridgehead atoms. The molecule has 0 amide bonds. The highest BCUT2D eigenvalue weighted by Gasteiger charge is 2.19. The van der Waals surface area contributed by atoms with Gasteiger partial charge in [-0.2, -0.15) is 5.10 Å². The van der Waals surface area contributed by atoms with Crippen molar-refractivity contribution in [2.75, 3.05) is 5.73 Å². The minimum Gasteiger partial charge on any atom is -0.383 e. The zero-order chi connectivity index (χ0) is 13.2. The van der Waals surface area contributed by atoms with Crippen molar-refractivity contribution in [1.29, 1.82) is 0 Å². The summed E-state index contributed by atoms with van der Waals surface area (Å²) in [6.45, 7) is 2.05. The van der Waals surface area contributed by atoms with Crippen LogP contribution in [0.5, 0.6) is 0 Å². The summed E-state index contributed by atoms with van der Waals surface area (Å²) in [6.07, 6.45) is 4.47. The summed E-state index contributed by atoms with van der Waals surface area (Å²) >= 11 is 0. The average Bonchev–Trinajstić information content (AvgIpc) is 2.75. The Hall–Kier alpha value is -1.93. The van der Waals surface area contributed by atoms with Gasteiger partial charge in [0.15, 0.2) is 0 Å². The van der Waals surface area contributed by atoms with Gasteiger partial charge in [0, 0.05) is 18.9 Å². The number of hydrogen-bond donors (Lipinski definition) is 3. The summed E-state index contributed by atoms with van der Waals surface area (Å²) < 4.78 is 26.3. The van der Waals surface area contributed by atoms with E-state index in [0.29, 0.717) is 0 Å². The third-order valence-electron chi connectivity index (χ3n) is 2.51. The zero-order valence-corrected chi connectivity index (χ0v) is 10.5. The van der Waals surface area contributed by atoms with Gasteiger partial charge in [-0.3, -0.25) is 10.1 Å². The van der Waals surface area contributed by atoms with Crippen LogP contribution in [0.1, 0.15) is 11.1 Å². The molecule has 2 aromatic heterocycles. The molecule has 0 aromatic carbocycles. The zero-order valence-electron chi connectivity index (χ0n) is 9.71. The fourth-order valence-electron chi connectivity index (χ4n) is 1.45. The summed E-state index contributed by atoms with van der Waals surface area (Å²) in [5, 5.41) is 5.96. The summed E-state index contributed by atoms with van der Waals surface area (Å²) in [4.78, 5) is 3.89. The lowest BCUT2D eigenvalue weighted by Crippen LogP contribution is -2.24. The number of rotatable bonds is 4. The van der Waals surface area contributed by atoms with Crippen LogP contribution in [-0.2, 0) is 16.6 Å². The maximum Gasteiger partial charge on any atom is 0.246 e. The lowest BCUT2D eigenvalue weighted by atomic mass is 10.2. The number of aromatic amines is 1. The van der Waals surface area contributed by atoms with Crippen LogP contribution in [0.2, 0.25) is 0 Å². The van der Waals surface area contributed by atoms with Gasteiger partial charge in [-0.05, 0) is 24.1 Å². The number of aromatic nitrogens is 3. The third kappa shape index (κ3) is 2.49. The first-order valence-electron chi connectivity index (χ1n) is 5.18. The van der Waals surface area contributed by atoms with Gasteiger partial charge >= 0.3 is 0 Å². The van der Waals surface area contributed by atoms with Gasteiger partial charge in [-0.15, -0.1) is 0 Å². The van der Waals surface area contributed by atoms with E-state index in [1.165, 1.54) is 6.20 Å². The van der Waals surface area contributed by atoms with Gasteiger partial charge in [-0.25, -0.2) is 13.1 Å². The molecule has 0 atom stereocenters. The smallest absolute Gasteiger partial charge is 0.246 e. The number of nitrogens with zero attached hydrogens (tertiary/aromatic N) is 2. The van der Waals surface area contributed by atoms with Gasteiger partial charge < -0.3 is 5.73 Å². The second kappa shape index (κ2) is 4.75. The molecule has 2 rings (SSSR count). The number of hydrogen-bond acceptors (Lipinski definition) is 5. The predicted molar refractivity (Wildman–Crippen MR) is 66.0 cm³/mol. The van der Waals surface area contributed by atoms with Gasteiger partial charge in [0.1, 0.15) is 10.7 Å². The summed E-state index contributed by atoms with van der Waals surface area (Å²) in [5.41, 5.74) is 7.25. The van der Waals surface area contributed by atoms with Gasteiger partial charge in [0.25, 0.3) is 0 Å². The van der Waals surface area contributed by atoms with E-state index in [4.69, 9.17) is 5.73 Å². The van der Waals surface area contributed by atoms with E-state index in [1.54, 1.807) is 18.5 Å². The summed E-state index contributed by atoms with van der Waals surface area (Å²) in [6, 6.07) is 1.76. The van der Waals surface area contributed by atoms with E-state index < -0.39 is 10.0 Å². The molecule has 0 fully saturated rings. The molecule has 0 spiro atoms. The van der Waals surface area contributed by atoms with Crippen LogP contribution in [0.15, 0.2) is 29.6 Å². The van der Waals surface area contributed by atoms with Crippen LogP contribution in [0, 0.1) is 6.92 Å². The van der Waals surface area contributed by atoms with Gasteiger partial charge in [-0.1, -0.05) is 0 Å². The van der Waals surface area contributed by atoms with Gasteiger partial charge in [0.2, 0.25) is 10.0 Å².